The van der Waals surface area contributed by atoms with Crippen molar-refractivity contribution in [2.24, 2.45) is 0 Å². The summed E-state index contributed by atoms with van der Waals surface area (Å²) < 4.78 is 0. The molecule has 0 bridgehead atoms. The summed E-state index contributed by atoms with van der Waals surface area (Å²) >= 11 is 0. The zero-order chi connectivity index (χ0) is 20.4. The third-order valence-corrected chi connectivity index (χ3v) is 3.95. The Kier molecular flexibility index (Phi) is 8.21. The maximum Gasteiger partial charge on any atom is 0.251 e. The third-order valence-electron chi connectivity index (χ3n) is 3.95. The molecule has 0 radical (unpaired) electrons. The van der Waals surface area contributed by atoms with Crippen molar-refractivity contribution in [2.75, 3.05) is 11.9 Å². The minimum atomic E-state index is -0.141. The highest BCUT2D eigenvalue weighted by Crippen LogP contribution is 2.11. The van der Waals surface area contributed by atoms with Crippen LogP contribution in [0, 0.1) is 0 Å². The van der Waals surface area contributed by atoms with E-state index < -0.39 is 0 Å². The van der Waals surface area contributed by atoms with Gasteiger partial charge in [-0.1, -0.05) is 30.3 Å². The van der Waals surface area contributed by atoms with Crippen molar-refractivity contribution in [1.29, 1.82) is 0 Å². The van der Waals surface area contributed by atoms with Crippen molar-refractivity contribution >= 4 is 23.4 Å². The Labute approximate surface area is 165 Å². The molecule has 0 heterocycles. The molecule has 148 valence electrons. The largest absolute Gasteiger partial charge is 0.354 e. The molecule has 2 aromatic rings. The monoisotopic (exact) mass is 381 g/mol. The summed E-state index contributed by atoms with van der Waals surface area (Å²) in [5, 5.41) is 8.47. The summed E-state index contributed by atoms with van der Waals surface area (Å²) in [4.78, 5) is 35.7. The summed E-state index contributed by atoms with van der Waals surface area (Å²) in [7, 11) is 0. The minimum Gasteiger partial charge on any atom is -0.354 e. The molecular weight excluding hydrogens is 354 g/mol. The van der Waals surface area contributed by atoms with Crippen LogP contribution in [-0.4, -0.2) is 30.3 Å². The van der Waals surface area contributed by atoms with Crippen LogP contribution in [0.2, 0.25) is 0 Å². The number of anilines is 1. The Morgan fingerprint density at radius 2 is 1.57 bits per heavy atom. The maximum absolute atomic E-state index is 12.0. The van der Waals surface area contributed by atoms with Gasteiger partial charge >= 0.3 is 0 Å². The molecule has 6 heteroatoms. The maximum atomic E-state index is 12.0. The van der Waals surface area contributed by atoms with Crippen molar-refractivity contribution in [2.45, 2.75) is 39.2 Å². The molecule has 0 saturated carbocycles. The highest BCUT2D eigenvalue weighted by atomic mass is 16.2. The van der Waals surface area contributed by atoms with E-state index in [1.807, 2.05) is 44.2 Å². The Balaban J connectivity index is 1.68. The van der Waals surface area contributed by atoms with Crippen LogP contribution in [0.25, 0.3) is 0 Å². The van der Waals surface area contributed by atoms with E-state index in [4.69, 9.17) is 0 Å². The second-order valence-corrected chi connectivity index (χ2v) is 6.87. The lowest BCUT2D eigenvalue weighted by Gasteiger charge is -2.09. The van der Waals surface area contributed by atoms with Crippen LogP contribution >= 0.6 is 0 Å². The van der Waals surface area contributed by atoms with Gasteiger partial charge in [0.25, 0.3) is 5.91 Å². The van der Waals surface area contributed by atoms with E-state index in [1.165, 1.54) is 0 Å². The highest BCUT2D eigenvalue weighted by Gasteiger charge is 2.07. The predicted octanol–water partition coefficient (Wildman–Crippen LogP) is 2.90. The summed E-state index contributed by atoms with van der Waals surface area (Å²) in [5.41, 5.74) is 2.18. The fraction of sp³-hybridized carbons (Fsp3) is 0.318. The van der Waals surface area contributed by atoms with Crippen molar-refractivity contribution in [3.63, 3.8) is 0 Å². The van der Waals surface area contributed by atoms with Gasteiger partial charge in [0.2, 0.25) is 11.8 Å². The Morgan fingerprint density at radius 3 is 2.21 bits per heavy atom. The van der Waals surface area contributed by atoms with Crippen molar-refractivity contribution in [3.05, 3.63) is 65.7 Å². The first kappa shape index (κ1) is 21.2. The Bertz CT molecular complexity index is 786. The van der Waals surface area contributed by atoms with Crippen molar-refractivity contribution in [3.8, 4) is 0 Å². The van der Waals surface area contributed by atoms with E-state index in [0.29, 0.717) is 37.1 Å². The molecule has 6 nitrogen and oxygen atoms in total. The molecule has 0 aliphatic heterocycles. The molecule has 0 aliphatic carbocycles. The van der Waals surface area contributed by atoms with E-state index in [-0.39, 0.29) is 23.8 Å². The smallest absolute Gasteiger partial charge is 0.251 e. The number of hydrogen-bond donors (Lipinski definition) is 3. The van der Waals surface area contributed by atoms with Crippen LogP contribution in [0.4, 0.5) is 5.69 Å². The van der Waals surface area contributed by atoms with Crippen LogP contribution in [0.1, 0.15) is 42.6 Å². The van der Waals surface area contributed by atoms with Gasteiger partial charge < -0.3 is 16.0 Å². The average molecular weight is 381 g/mol. The average Bonchev–Trinajstić information content (AvgIpc) is 2.66. The number of amides is 3. The van der Waals surface area contributed by atoms with Gasteiger partial charge in [0.1, 0.15) is 0 Å². The van der Waals surface area contributed by atoms with Crippen molar-refractivity contribution < 1.29 is 14.4 Å². The molecule has 0 aromatic heterocycles. The van der Waals surface area contributed by atoms with Crippen molar-refractivity contribution in [1.82, 2.24) is 10.6 Å². The molecule has 2 rings (SSSR count). The lowest BCUT2D eigenvalue weighted by molar-refractivity contribution is -0.121. The van der Waals surface area contributed by atoms with Crippen LogP contribution < -0.4 is 16.0 Å². The normalized spacial score (nSPS) is 10.4. The molecule has 0 atom stereocenters. The fourth-order valence-corrected chi connectivity index (χ4v) is 2.63. The summed E-state index contributed by atoms with van der Waals surface area (Å²) in [6, 6.07) is 16.3. The summed E-state index contributed by atoms with van der Waals surface area (Å²) in [6.07, 6.45) is 1.18. The third kappa shape index (κ3) is 7.61. The fourth-order valence-electron chi connectivity index (χ4n) is 2.63. The van der Waals surface area contributed by atoms with Crippen LogP contribution in [0.5, 0.6) is 0 Å². The Hall–Kier alpha value is -3.15. The molecule has 0 spiro atoms. The standard InChI is InChI=1S/C22H27N3O3/c1-16(2)24-21(27)15-17-10-12-19(13-11-17)25-20(26)9-6-14-23-22(28)18-7-4-3-5-8-18/h3-5,7-8,10-13,16H,6,9,14-15H2,1-2H3,(H,23,28)(H,24,27)(H,25,26). The van der Waals surface area contributed by atoms with Gasteiger partial charge in [-0.2, -0.15) is 0 Å². The van der Waals surface area contributed by atoms with Gasteiger partial charge in [-0.05, 0) is 50.1 Å². The Morgan fingerprint density at radius 1 is 0.893 bits per heavy atom. The van der Waals surface area contributed by atoms with Gasteiger partial charge in [0.05, 0.1) is 6.42 Å². The minimum absolute atomic E-state index is 0.0238. The number of benzene rings is 2. The van der Waals surface area contributed by atoms with Crippen LogP contribution in [0.15, 0.2) is 54.6 Å². The van der Waals surface area contributed by atoms with Gasteiger partial charge in [-0.15, -0.1) is 0 Å². The molecular formula is C22H27N3O3. The molecule has 3 amide bonds. The first-order chi connectivity index (χ1) is 13.4. The molecule has 28 heavy (non-hydrogen) atoms. The molecule has 2 aromatic carbocycles. The lowest BCUT2D eigenvalue weighted by Crippen LogP contribution is -2.31. The lowest BCUT2D eigenvalue weighted by atomic mass is 10.1. The van der Waals surface area contributed by atoms with E-state index >= 15 is 0 Å². The van der Waals surface area contributed by atoms with Crippen LogP contribution in [-0.2, 0) is 16.0 Å². The second kappa shape index (κ2) is 10.9. The highest BCUT2D eigenvalue weighted by molar-refractivity contribution is 5.94. The first-order valence-corrected chi connectivity index (χ1v) is 9.45. The zero-order valence-electron chi connectivity index (χ0n) is 16.3. The van der Waals surface area contributed by atoms with Gasteiger partial charge in [-0.3, -0.25) is 14.4 Å². The topological polar surface area (TPSA) is 87.3 Å². The van der Waals surface area contributed by atoms with E-state index in [2.05, 4.69) is 16.0 Å². The van der Waals surface area contributed by atoms with E-state index in [0.717, 1.165) is 5.56 Å². The van der Waals surface area contributed by atoms with Crippen LogP contribution in [0.3, 0.4) is 0 Å². The molecule has 0 aliphatic rings. The number of nitrogens with one attached hydrogen (secondary N) is 3. The summed E-state index contributed by atoms with van der Waals surface area (Å²) in [5.74, 6) is -0.276. The quantitative estimate of drug-likeness (QED) is 0.584. The van der Waals surface area contributed by atoms with Gasteiger partial charge in [0.15, 0.2) is 0 Å². The van der Waals surface area contributed by atoms with E-state index in [1.54, 1.807) is 24.3 Å². The van der Waals surface area contributed by atoms with Gasteiger partial charge in [-0.25, -0.2) is 0 Å². The summed E-state index contributed by atoms with van der Waals surface area (Å²) in [6.45, 7) is 4.28. The molecule has 0 fully saturated rings. The first-order valence-electron chi connectivity index (χ1n) is 9.45. The molecule has 0 saturated heterocycles. The number of rotatable bonds is 9. The SMILES string of the molecule is CC(C)NC(=O)Cc1ccc(NC(=O)CCCNC(=O)c2ccccc2)cc1. The number of carbonyl (C=O) groups is 3. The zero-order valence-corrected chi connectivity index (χ0v) is 16.3. The van der Waals surface area contributed by atoms with Gasteiger partial charge in [0, 0.05) is 30.3 Å². The predicted molar refractivity (Wildman–Crippen MR) is 110 cm³/mol. The molecule has 3 N–H and O–H groups in total. The van der Waals surface area contributed by atoms with E-state index in [9.17, 15) is 14.4 Å². The molecule has 0 unspecified atom stereocenters. The second-order valence-electron chi connectivity index (χ2n) is 6.87. The number of carbonyl (C=O) groups excluding carboxylic acids is 3. The number of hydrogen-bond acceptors (Lipinski definition) is 3.